The first kappa shape index (κ1) is 16.9. The highest BCUT2D eigenvalue weighted by atomic mass is 16.6. The van der Waals surface area contributed by atoms with Crippen LogP contribution in [-0.4, -0.2) is 58.5 Å². The highest BCUT2D eigenvalue weighted by Crippen LogP contribution is 2.34. The van der Waals surface area contributed by atoms with Crippen molar-refractivity contribution in [3.8, 4) is 11.5 Å². The zero-order valence-electron chi connectivity index (χ0n) is 15.0. The lowest BCUT2D eigenvalue weighted by atomic mass is 10.00. The summed E-state index contributed by atoms with van der Waals surface area (Å²) in [5, 5.41) is 17.6. The topological polar surface area (TPSA) is 87.7 Å². The van der Waals surface area contributed by atoms with Gasteiger partial charge in [-0.05, 0) is 44.0 Å². The minimum absolute atomic E-state index is 0.0147. The van der Waals surface area contributed by atoms with E-state index >= 15 is 0 Å². The van der Waals surface area contributed by atoms with E-state index in [0.29, 0.717) is 49.8 Å². The molecule has 7 nitrogen and oxygen atoms in total. The number of β-amino-alcohol motifs (C(OH)–C–C–N with tert-alkyl or cyclic N) is 1. The van der Waals surface area contributed by atoms with E-state index in [9.17, 15) is 9.90 Å². The quantitative estimate of drug-likeness (QED) is 0.869. The fourth-order valence-corrected chi connectivity index (χ4v) is 3.66. The van der Waals surface area contributed by atoms with Gasteiger partial charge < -0.3 is 19.5 Å². The minimum atomic E-state index is -0.548. The van der Waals surface area contributed by atoms with E-state index in [4.69, 9.17) is 9.47 Å². The second-order valence-electron chi connectivity index (χ2n) is 7.09. The number of nitrogens with zero attached hydrogens (tertiary/aromatic N) is 2. The van der Waals surface area contributed by atoms with Crippen LogP contribution in [0.5, 0.6) is 11.5 Å². The molecule has 1 fully saturated rings. The van der Waals surface area contributed by atoms with Crippen molar-refractivity contribution in [3.63, 3.8) is 0 Å². The van der Waals surface area contributed by atoms with Crippen molar-refractivity contribution in [2.45, 2.75) is 26.4 Å². The van der Waals surface area contributed by atoms with Crippen molar-refractivity contribution >= 4 is 5.91 Å². The number of ether oxygens (including phenoxy) is 2. The van der Waals surface area contributed by atoms with Crippen LogP contribution in [0.1, 0.15) is 27.3 Å². The number of aromatic nitrogens is 2. The third-order valence-corrected chi connectivity index (χ3v) is 5.04. The number of benzene rings is 1. The summed E-state index contributed by atoms with van der Waals surface area (Å²) in [7, 11) is 0. The van der Waals surface area contributed by atoms with Gasteiger partial charge in [0.1, 0.15) is 13.2 Å². The monoisotopic (exact) mass is 357 g/mol. The zero-order valence-corrected chi connectivity index (χ0v) is 15.0. The van der Waals surface area contributed by atoms with E-state index in [2.05, 4.69) is 10.2 Å². The lowest BCUT2D eigenvalue weighted by Gasteiger charge is -2.22. The van der Waals surface area contributed by atoms with Crippen molar-refractivity contribution < 1.29 is 19.4 Å². The Morgan fingerprint density at radius 2 is 1.96 bits per heavy atom. The average molecular weight is 357 g/mol. The summed E-state index contributed by atoms with van der Waals surface area (Å²) < 4.78 is 11.2. The first-order valence-corrected chi connectivity index (χ1v) is 8.89. The molecule has 0 spiro atoms. The number of aliphatic hydroxyl groups excluding tert-OH is 1. The molecule has 1 amide bonds. The number of hydrogen-bond donors (Lipinski definition) is 2. The van der Waals surface area contributed by atoms with E-state index in [-0.39, 0.29) is 11.8 Å². The third kappa shape index (κ3) is 3.14. The number of aromatic amines is 1. The molecule has 2 N–H and O–H groups in total. The van der Waals surface area contributed by atoms with Crippen LogP contribution in [-0.2, 0) is 6.42 Å². The number of carbonyl (C=O) groups excluding carboxylic acids is 1. The summed E-state index contributed by atoms with van der Waals surface area (Å²) in [5.41, 5.74) is 3.35. The number of aliphatic hydroxyl groups is 1. The van der Waals surface area contributed by atoms with Gasteiger partial charge in [0, 0.05) is 30.3 Å². The first-order chi connectivity index (χ1) is 12.5. The van der Waals surface area contributed by atoms with Crippen LogP contribution in [0.2, 0.25) is 0 Å². The van der Waals surface area contributed by atoms with Crippen molar-refractivity contribution in [2.75, 3.05) is 26.3 Å². The maximum atomic E-state index is 13.0. The highest BCUT2D eigenvalue weighted by molar-refractivity contribution is 5.96. The molecule has 2 aromatic rings. The Kier molecular flexibility index (Phi) is 4.32. The maximum Gasteiger partial charge on any atom is 0.254 e. The van der Waals surface area contributed by atoms with Gasteiger partial charge in [0.2, 0.25) is 0 Å². The summed E-state index contributed by atoms with van der Waals surface area (Å²) in [4.78, 5) is 14.7. The second kappa shape index (κ2) is 6.64. The molecule has 0 saturated carbocycles. The van der Waals surface area contributed by atoms with E-state index in [1.807, 2.05) is 26.0 Å². The van der Waals surface area contributed by atoms with Crippen LogP contribution in [0.25, 0.3) is 0 Å². The van der Waals surface area contributed by atoms with Gasteiger partial charge in [-0.25, -0.2) is 0 Å². The molecule has 26 heavy (non-hydrogen) atoms. The number of aryl methyl sites for hydroxylation is 2. The highest BCUT2D eigenvalue weighted by Gasteiger charge is 2.35. The van der Waals surface area contributed by atoms with Gasteiger partial charge in [0.25, 0.3) is 5.91 Å². The number of amides is 1. The number of H-pyrrole nitrogens is 1. The van der Waals surface area contributed by atoms with Crippen molar-refractivity contribution in [3.05, 3.63) is 40.7 Å². The number of likely N-dealkylation sites (tertiary alicyclic amines) is 1. The molecular formula is C19H23N3O4. The second-order valence-corrected chi connectivity index (χ2v) is 7.09. The predicted molar refractivity (Wildman–Crippen MR) is 94.6 cm³/mol. The summed E-state index contributed by atoms with van der Waals surface area (Å²) >= 11 is 0. The van der Waals surface area contributed by atoms with E-state index in [1.54, 1.807) is 11.0 Å². The molecule has 138 valence electrons. The molecule has 2 aliphatic heterocycles. The molecule has 0 aliphatic carbocycles. The molecule has 1 aromatic carbocycles. The summed E-state index contributed by atoms with van der Waals surface area (Å²) in [6.45, 7) is 5.69. The average Bonchev–Trinajstić information content (AvgIpc) is 3.20. The molecule has 4 rings (SSSR count). The Hall–Kier alpha value is -2.54. The molecule has 0 bridgehead atoms. The Balaban J connectivity index is 1.50. The molecule has 1 aromatic heterocycles. The van der Waals surface area contributed by atoms with Gasteiger partial charge >= 0.3 is 0 Å². The van der Waals surface area contributed by atoms with Gasteiger partial charge in [-0.2, -0.15) is 5.10 Å². The largest absolute Gasteiger partial charge is 0.486 e. The van der Waals surface area contributed by atoms with E-state index < -0.39 is 6.10 Å². The van der Waals surface area contributed by atoms with Gasteiger partial charge in [0.05, 0.1) is 11.8 Å². The van der Waals surface area contributed by atoms with E-state index in [1.165, 1.54) is 0 Å². The molecule has 7 heteroatoms. The number of fused-ring (bicyclic) bond motifs is 1. The first-order valence-electron chi connectivity index (χ1n) is 8.89. The Labute approximate surface area is 151 Å². The number of nitrogens with one attached hydrogen (secondary N) is 1. The number of carbonyl (C=O) groups is 1. The SMILES string of the molecule is Cc1cc(C[C@@H]2CN(C(=O)c3cc4c(cc3C)OCCO4)C[C@H]2O)n[nH]1. The molecular weight excluding hydrogens is 334 g/mol. The minimum Gasteiger partial charge on any atom is -0.486 e. The Morgan fingerprint density at radius 3 is 2.65 bits per heavy atom. The van der Waals surface area contributed by atoms with Crippen LogP contribution in [0.4, 0.5) is 0 Å². The zero-order chi connectivity index (χ0) is 18.3. The lowest BCUT2D eigenvalue weighted by molar-refractivity contribution is 0.0762. The lowest BCUT2D eigenvalue weighted by Crippen LogP contribution is -2.30. The summed E-state index contributed by atoms with van der Waals surface area (Å²) in [6.07, 6.45) is 0.101. The van der Waals surface area contributed by atoms with Gasteiger partial charge in [-0.1, -0.05) is 0 Å². The van der Waals surface area contributed by atoms with Crippen molar-refractivity contribution in [2.24, 2.45) is 5.92 Å². The maximum absolute atomic E-state index is 13.0. The van der Waals surface area contributed by atoms with Crippen LogP contribution in [0.3, 0.4) is 0 Å². The predicted octanol–water partition coefficient (Wildman–Crippen LogP) is 1.47. The summed E-state index contributed by atoms with van der Waals surface area (Å²) in [6, 6.07) is 5.57. The fraction of sp³-hybridized carbons (Fsp3) is 0.474. The number of rotatable bonds is 3. The standard InChI is InChI=1S/C19H23N3O4/c1-11-5-17-18(26-4-3-25-17)8-15(11)19(24)22-9-13(16(23)10-22)7-14-6-12(2)20-21-14/h5-6,8,13,16,23H,3-4,7,9-10H2,1-2H3,(H,20,21)/t13-,16-/m1/s1. The molecule has 0 unspecified atom stereocenters. The fourth-order valence-electron chi connectivity index (χ4n) is 3.66. The van der Waals surface area contributed by atoms with Gasteiger partial charge in [0.15, 0.2) is 11.5 Å². The van der Waals surface area contributed by atoms with E-state index in [0.717, 1.165) is 17.0 Å². The van der Waals surface area contributed by atoms with Gasteiger partial charge in [-0.3, -0.25) is 9.89 Å². The molecule has 0 radical (unpaired) electrons. The van der Waals surface area contributed by atoms with Gasteiger partial charge in [-0.15, -0.1) is 0 Å². The molecule has 3 heterocycles. The summed E-state index contributed by atoms with van der Waals surface area (Å²) in [5.74, 6) is 1.19. The smallest absolute Gasteiger partial charge is 0.254 e. The van der Waals surface area contributed by atoms with Crippen molar-refractivity contribution in [1.29, 1.82) is 0 Å². The van der Waals surface area contributed by atoms with Crippen LogP contribution < -0.4 is 9.47 Å². The van der Waals surface area contributed by atoms with Crippen LogP contribution in [0, 0.1) is 19.8 Å². The van der Waals surface area contributed by atoms with Crippen LogP contribution >= 0.6 is 0 Å². The Bertz CT molecular complexity index is 832. The molecule has 2 atom stereocenters. The normalized spacial score (nSPS) is 21.9. The Morgan fingerprint density at radius 1 is 1.23 bits per heavy atom. The van der Waals surface area contributed by atoms with Crippen LogP contribution in [0.15, 0.2) is 18.2 Å². The van der Waals surface area contributed by atoms with Crippen molar-refractivity contribution in [1.82, 2.24) is 15.1 Å². The molecule has 1 saturated heterocycles. The molecule has 2 aliphatic rings. The number of hydrogen-bond acceptors (Lipinski definition) is 5. The third-order valence-electron chi connectivity index (χ3n) is 5.04.